The number of methoxy groups -OCH3 is 1. The first-order valence-corrected chi connectivity index (χ1v) is 17.8. The third kappa shape index (κ3) is 8.72. The summed E-state index contributed by atoms with van der Waals surface area (Å²) in [4.78, 5) is 30.1. The second-order valence-corrected chi connectivity index (χ2v) is 13.3. The van der Waals surface area contributed by atoms with Crippen LogP contribution in [0.25, 0.3) is 10.9 Å². The van der Waals surface area contributed by atoms with Crippen LogP contribution in [0.3, 0.4) is 0 Å². The quantitative estimate of drug-likeness (QED) is 0.0810. The van der Waals surface area contributed by atoms with Crippen LogP contribution >= 0.6 is 0 Å². The number of fused-ring (bicyclic) bond motifs is 1. The van der Waals surface area contributed by atoms with E-state index >= 15 is 0 Å². The lowest BCUT2D eigenvalue weighted by molar-refractivity contribution is -0.137. The minimum Gasteiger partial charge on any atom is -0.495 e. The molecule has 51 heavy (non-hydrogen) atoms. The number of aliphatic carboxylic acids is 1. The zero-order valence-electron chi connectivity index (χ0n) is 29.9. The Bertz CT molecular complexity index is 1980. The normalized spacial score (nSPS) is 13.4. The van der Waals surface area contributed by atoms with Gasteiger partial charge in [0.1, 0.15) is 11.5 Å². The smallest absolute Gasteiger partial charge is 0.303 e. The fourth-order valence-electron chi connectivity index (χ4n) is 6.91. The molecular formula is C42H48N4O5. The number of carboxylic acids is 1. The summed E-state index contributed by atoms with van der Waals surface area (Å²) in [5.41, 5.74) is 7.69. The van der Waals surface area contributed by atoms with E-state index in [1.807, 2.05) is 65.4 Å². The number of aryl methyl sites for hydroxylation is 3. The molecule has 0 aliphatic carbocycles. The Morgan fingerprint density at radius 1 is 0.843 bits per heavy atom. The zero-order chi connectivity index (χ0) is 35.7. The van der Waals surface area contributed by atoms with Crippen molar-refractivity contribution in [3.8, 4) is 11.5 Å². The molecule has 4 aromatic carbocycles. The first-order chi connectivity index (χ1) is 24.8. The van der Waals surface area contributed by atoms with Gasteiger partial charge in [0, 0.05) is 80.5 Å². The van der Waals surface area contributed by atoms with Crippen LogP contribution in [-0.2, 0) is 17.9 Å². The van der Waals surface area contributed by atoms with Gasteiger partial charge in [0.05, 0.1) is 25.1 Å². The molecule has 1 fully saturated rings. The van der Waals surface area contributed by atoms with E-state index < -0.39 is 5.97 Å². The molecule has 0 radical (unpaired) electrons. The molecule has 0 amide bonds. The highest BCUT2D eigenvalue weighted by molar-refractivity contribution is 6.16. The standard InChI is InChI=1S/C42H48N4O5/c1-30-15-16-33(31(2)26-30)28-43-36-18-17-32(42(49)35-29-46(20-8-14-41(47)48)37-11-5-4-10-34(35)37)27-40(36)51-25-9-19-44-21-23-45(24-22-44)38-12-6-7-13-39(38)50-3/h4-7,10-13,15-18,26-27,29,43H,8-9,14,19-25,28H2,1-3H3,(H,47,48). The number of nitrogens with zero attached hydrogens (tertiary/aromatic N) is 3. The number of rotatable bonds is 16. The number of carbonyl (C=O) groups is 2. The number of aromatic nitrogens is 1. The molecule has 1 saturated heterocycles. The first kappa shape index (κ1) is 35.5. The average molecular weight is 689 g/mol. The number of benzene rings is 4. The van der Waals surface area contributed by atoms with Crippen molar-refractivity contribution in [2.24, 2.45) is 0 Å². The van der Waals surface area contributed by atoms with Crippen molar-refractivity contribution in [3.05, 3.63) is 119 Å². The Labute approximate surface area is 300 Å². The molecule has 0 saturated carbocycles. The van der Waals surface area contributed by atoms with E-state index in [4.69, 9.17) is 14.6 Å². The zero-order valence-corrected chi connectivity index (χ0v) is 29.9. The van der Waals surface area contributed by atoms with Crippen molar-refractivity contribution in [2.45, 2.75) is 46.2 Å². The summed E-state index contributed by atoms with van der Waals surface area (Å²) in [6.07, 6.45) is 3.27. The van der Waals surface area contributed by atoms with Gasteiger partial charge in [0.2, 0.25) is 0 Å². The van der Waals surface area contributed by atoms with E-state index in [9.17, 15) is 9.59 Å². The Balaban J connectivity index is 1.15. The van der Waals surface area contributed by atoms with Crippen LogP contribution < -0.4 is 19.7 Å². The van der Waals surface area contributed by atoms with Crippen LogP contribution in [-0.4, -0.2) is 72.8 Å². The maximum atomic E-state index is 14.1. The lowest BCUT2D eigenvalue weighted by atomic mass is 10.0. The second kappa shape index (κ2) is 16.6. The van der Waals surface area contributed by atoms with Crippen LogP contribution in [0.5, 0.6) is 11.5 Å². The van der Waals surface area contributed by atoms with E-state index in [2.05, 4.69) is 59.3 Å². The summed E-state index contributed by atoms with van der Waals surface area (Å²) in [6.45, 7) is 10.6. The molecule has 2 N–H and O–H groups in total. The molecule has 0 bridgehead atoms. The molecule has 9 nitrogen and oxygen atoms in total. The number of ether oxygens (including phenoxy) is 2. The van der Waals surface area contributed by atoms with Crippen molar-refractivity contribution in [3.63, 3.8) is 0 Å². The maximum absolute atomic E-state index is 14.1. The molecule has 266 valence electrons. The number of piperazine rings is 1. The van der Waals surface area contributed by atoms with Gasteiger partial charge in [-0.25, -0.2) is 0 Å². The van der Waals surface area contributed by atoms with Gasteiger partial charge >= 0.3 is 5.97 Å². The number of para-hydroxylation sites is 3. The summed E-state index contributed by atoms with van der Waals surface area (Å²) in [6, 6.07) is 28.1. The van der Waals surface area contributed by atoms with Crippen molar-refractivity contribution in [1.29, 1.82) is 0 Å². The number of carbonyl (C=O) groups excluding carboxylic acids is 1. The highest BCUT2D eigenvalue weighted by Gasteiger charge is 2.21. The molecule has 1 aliphatic rings. The molecule has 1 aromatic heterocycles. The van der Waals surface area contributed by atoms with E-state index in [0.717, 1.165) is 67.2 Å². The fourth-order valence-corrected chi connectivity index (χ4v) is 6.91. The summed E-state index contributed by atoms with van der Waals surface area (Å²) in [5, 5.41) is 13.6. The topological polar surface area (TPSA) is 96.3 Å². The van der Waals surface area contributed by atoms with E-state index in [1.54, 1.807) is 7.11 Å². The predicted molar refractivity (Wildman–Crippen MR) is 204 cm³/mol. The molecule has 0 unspecified atom stereocenters. The minimum atomic E-state index is -0.826. The van der Waals surface area contributed by atoms with E-state index in [-0.39, 0.29) is 12.2 Å². The predicted octanol–water partition coefficient (Wildman–Crippen LogP) is 7.57. The second-order valence-electron chi connectivity index (χ2n) is 13.3. The average Bonchev–Trinajstić information content (AvgIpc) is 3.51. The molecule has 0 spiro atoms. The molecule has 6 rings (SSSR count). The highest BCUT2D eigenvalue weighted by atomic mass is 16.5. The van der Waals surface area contributed by atoms with Crippen LogP contribution in [0.4, 0.5) is 11.4 Å². The number of nitrogens with one attached hydrogen (secondary N) is 1. The van der Waals surface area contributed by atoms with Crippen molar-refractivity contribution < 1.29 is 24.2 Å². The van der Waals surface area contributed by atoms with Gasteiger partial charge < -0.3 is 29.4 Å². The van der Waals surface area contributed by atoms with Gasteiger partial charge in [-0.3, -0.25) is 14.5 Å². The molecule has 5 aromatic rings. The minimum absolute atomic E-state index is 0.0756. The number of carboxylic acid groups (broad SMARTS) is 1. The van der Waals surface area contributed by atoms with Crippen molar-refractivity contribution >= 4 is 34.0 Å². The SMILES string of the molecule is COc1ccccc1N1CCN(CCCOc2cc(C(=O)c3cn(CCCC(=O)O)c4ccccc34)ccc2NCc2ccc(C)cc2C)CC1. The number of anilines is 2. The Kier molecular flexibility index (Phi) is 11.6. The van der Waals surface area contributed by atoms with Gasteiger partial charge in [-0.05, 0) is 74.2 Å². The lowest BCUT2D eigenvalue weighted by Gasteiger charge is -2.36. The molecule has 9 heteroatoms. The Hall–Kier alpha value is -5.28. The Morgan fingerprint density at radius 3 is 2.41 bits per heavy atom. The van der Waals surface area contributed by atoms with Crippen molar-refractivity contribution in [1.82, 2.24) is 9.47 Å². The summed E-state index contributed by atoms with van der Waals surface area (Å²) < 4.78 is 14.0. The Morgan fingerprint density at radius 2 is 1.63 bits per heavy atom. The third-order valence-electron chi connectivity index (χ3n) is 9.71. The van der Waals surface area contributed by atoms with Crippen LogP contribution in [0.2, 0.25) is 0 Å². The molecule has 2 heterocycles. The molecule has 0 atom stereocenters. The van der Waals surface area contributed by atoms with E-state index in [0.29, 0.717) is 43.0 Å². The summed E-state index contributed by atoms with van der Waals surface area (Å²) in [5.74, 6) is 0.635. The van der Waals surface area contributed by atoms with Gasteiger partial charge in [0.25, 0.3) is 0 Å². The van der Waals surface area contributed by atoms with Gasteiger partial charge in [0.15, 0.2) is 5.78 Å². The monoisotopic (exact) mass is 688 g/mol. The number of ketones is 1. The van der Waals surface area contributed by atoms with Crippen molar-refractivity contribution in [2.75, 3.05) is 56.7 Å². The third-order valence-corrected chi connectivity index (χ3v) is 9.71. The van der Waals surface area contributed by atoms with Crippen LogP contribution in [0.1, 0.15) is 51.9 Å². The van der Waals surface area contributed by atoms with Crippen LogP contribution in [0.15, 0.2) is 91.1 Å². The fraction of sp³-hybridized carbons (Fsp3) is 0.333. The van der Waals surface area contributed by atoms with E-state index in [1.165, 1.54) is 16.7 Å². The van der Waals surface area contributed by atoms with Gasteiger partial charge in [-0.15, -0.1) is 0 Å². The maximum Gasteiger partial charge on any atom is 0.303 e. The van der Waals surface area contributed by atoms with Crippen LogP contribution in [0, 0.1) is 13.8 Å². The number of hydrogen-bond donors (Lipinski definition) is 2. The lowest BCUT2D eigenvalue weighted by Crippen LogP contribution is -2.46. The van der Waals surface area contributed by atoms with Gasteiger partial charge in [-0.1, -0.05) is 54.1 Å². The summed E-state index contributed by atoms with van der Waals surface area (Å²) >= 11 is 0. The largest absolute Gasteiger partial charge is 0.495 e. The molecule has 1 aliphatic heterocycles. The summed E-state index contributed by atoms with van der Waals surface area (Å²) in [7, 11) is 1.72. The molecular weight excluding hydrogens is 640 g/mol. The van der Waals surface area contributed by atoms with Gasteiger partial charge in [-0.2, -0.15) is 0 Å². The highest BCUT2D eigenvalue weighted by Crippen LogP contribution is 2.31. The first-order valence-electron chi connectivity index (χ1n) is 17.8. The number of hydrogen-bond acceptors (Lipinski definition) is 7.